The van der Waals surface area contributed by atoms with Gasteiger partial charge in [0.05, 0.1) is 17.5 Å². The average Bonchev–Trinajstić information content (AvgIpc) is 3.20. The maximum absolute atomic E-state index is 12.9. The van der Waals surface area contributed by atoms with Gasteiger partial charge in [-0.3, -0.25) is 4.79 Å². The number of nitrogens with one attached hydrogen (secondary N) is 1. The van der Waals surface area contributed by atoms with Crippen LogP contribution in [0.3, 0.4) is 0 Å². The summed E-state index contributed by atoms with van der Waals surface area (Å²) < 4.78 is 0. The van der Waals surface area contributed by atoms with Gasteiger partial charge >= 0.3 is 0 Å². The zero-order valence-corrected chi connectivity index (χ0v) is 21.5. The van der Waals surface area contributed by atoms with Gasteiger partial charge in [0.25, 0.3) is 0 Å². The number of aromatic amines is 1. The van der Waals surface area contributed by atoms with Crippen molar-refractivity contribution >= 4 is 16.9 Å². The molecule has 0 amide bonds. The normalized spacial score (nSPS) is 15.6. The Balaban J connectivity index is 1.45. The van der Waals surface area contributed by atoms with Crippen LogP contribution in [0.5, 0.6) is 0 Å². The van der Waals surface area contributed by atoms with Gasteiger partial charge in [-0.15, -0.1) is 0 Å². The lowest BCUT2D eigenvalue weighted by atomic mass is 9.77. The highest BCUT2D eigenvalue weighted by Crippen LogP contribution is 2.34. The number of hydrogen-bond acceptors (Lipinski definition) is 4. The van der Waals surface area contributed by atoms with Gasteiger partial charge in [0.15, 0.2) is 11.4 Å². The van der Waals surface area contributed by atoms with E-state index in [4.69, 9.17) is 4.98 Å². The predicted octanol–water partition coefficient (Wildman–Crippen LogP) is 6.89. The number of carbonyl (C=O) groups excluding carboxylic acids is 1. The van der Waals surface area contributed by atoms with Gasteiger partial charge in [-0.05, 0) is 49.9 Å². The molecule has 182 valence electrons. The molecule has 1 aromatic carbocycles. The lowest BCUT2D eigenvalue weighted by molar-refractivity contribution is 0.0860. The standard InChI is InChI=1S/C29H40N4O/c1-6-20(15-21-9-7-10-21)13-14-33(5)19-22-11-8-12-23(16-22)25-18-31-28-26(32-25)24(17-30-28)27(34)29(2,3)4/h8,11-12,16-18,20-21H,6-7,9-10,13-15,19H2,1-5H3,(H,30,31). The van der Waals surface area contributed by atoms with Crippen molar-refractivity contribution < 1.29 is 4.79 Å². The monoisotopic (exact) mass is 460 g/mol. The first kappa shape index (κ1) is 24.6. The number of H-pyrrole nitrogens is 1. The molecule has 1 aliphatic carbocycles. The summed E-state index contributed by atoms with van der Waals surface area (Å²) in [7, 11) is 2.22. The maximum Gasteiger partial charge on any atom is 0.171 e. The van der Waals surface area contributed by atoms with Gasteiger partial charge in [0.2, 0.25) is 0 Å². The van der Waals surface area contributed by atoms with Crippen molar-refractivity contribution in [3.8, 4) is 11.3 Å². The third-order valence-electron chi connectivity index (χ3n) is 7.37. The molecule has 1 saturated carbocycles. The van der Waals surface area contributed by atoms with Crippen LogP contribution in [0.1, 0.15) is 82.1 Å². The van der Waals surface area contributed by atoms with Crippen LogP contribution in [0.4, 0.5) is 0 Å². The van der Waals surface area contributed by atoms with Crippen molar-refractivity contribution in [1.82, 2.24) is 19.9 Å². The van der Waals surface area contributed by atoms with Crippen molar-refractivity contribution in [3.63, 3.8) is 0 Å². The van der Waals surface area contributed by atoms with E-state index in [1.165, 1.54) is 44.1 Å². The Morgan fingerprint density at radius 2 is 2.06 bits per heavy atom. The molecule has 0 bridgehead atoms. The molecule has 3 aromatic rings. The molecule has 2 aromatic heterocycles. The largest absolute Gasteiger partial charge is 0.344 e. The molecule has 0 spiro atoms. The zero-order chi connectivity index (χ0) is 24.3. The van der Waals surface area contributed by atoms with Gasteiger partial charge in [0.1, 0.15) is 5.52 Å². The molecular weight excluding hydrogens is 420 g/mol. The van der Waals surface area contributed by atoms with Crippen molar-refractivity contribution in [3.05, 3.63) is 47.8 Å². The Kier molecular flexibility index (Phi) is 7.51. The number of aromatic nitrogens is 3. The minimum atomic E-state index is -0.466. The Hall–Kier alpha value is -2.53. The number of benzene rings is 1. The lowest BCUT2D eigenvalue weighted by Gasteiger charge is -2.30. The SMILES string of the molecule is CCC(CCN(C)Cc1cccc(-c2cnc3[nH]cc(C(=O)C(C)(C)C)c3n2)c1)CC1CCC1. The fraction of sp³-hybridized carbons (Fsp3) is 0.552. The van der Waals surface area contributed by atoms with E-state index in [2.05, 4.69) is 53.1 Å². The topological polar surface area (TPSA) is 61.9 Å². The van der Waals surface area contributed by atoms with Crippen LogP contribution < -0.4 is 0 Å². The van der Waals surface area contributed by atoms with Crippen LogP contribution in [0.25, 0.3) is 22.4 Å². The first-order valence-corrected chi connectivity index (χ1v) is 12.9. The van der Waals surface area contributed by atoms with Crippen molar-refractivity contribution in [1.29, 1.82) is 0 Å². The smallest absolute Gasteiger partial charge is 0.171 e. The molecular formula is C29H40N4O. The highest BCUT2D eigenvalue weighted by molar-refractivity contribution is 6.08. The first-order chi connectivity index (χ1) is 16.2. The number of Topliss-reactive ketones (excluding diaryl/α,β-unsaturated/α-hetero) is 1. The maximum atomic E-state index is 12.9. The van der Waals surface area contributed by atoms with E-state index < -0.39 is 5.41 Å². The molecule has 5 nitrogen and oxygen atoms in total. The van der Waals surface area contributed by atoms with Gasteiger partial charge in [0, 0.05) is 23.7 Å². The molecule has 0 aliphatic heterocycles. The summed E-state index contributed by atoms with van der Waals surface area (Å²) >= 11 is 0. The second-order valence-electron chi connectivity index (χ2n) is 11.3. The lowest BCUT2D eigenvalue weighted by Crippen LogP contribution is -2.23. The Morgan fingerprint density at radius 1 is 1.26 bits per heavy atom. The molecule has 4 rings (SSSR count). The Morgan fingerprint density at radius 3 is 2.74 bits per heavy atom. The molecule has 1 fully saturated rings. The van der Waals surface area contributed by atoms with Gasteiger partial charge in [-0.1, -0.05) is 71.6 Å². The van der Waals surface area contributed by atoms with Gasteiger partial charge < -0.3 is 9.88 Å². The molecule has 0 radical (unpaired) electrons. The fourth-order valence-electron chi connectivity index (χ4n) is 4.92. The molecule has 1 atom stereocenters. The van der Waals surface area contributed by atoms with Crippen molar-refractivity contribution in [2.45, 2.75) is 72.8 Å². The molecule has 0 saturated heterocycles. The van der Waals surface area contributed by atoms with Crippen LogP contribution in [0.2, 0.25) is 0 Å². The summed E-state index contributed by atoms with van der Waals surface area (Å²) in [6.45, 7) is 10.2. The second kappa shape index (κ2) is 10.4. The second-order valence-corrected chi connectivity index (χ2v) is 11.3. The number of hydrogen-bond donors (Lipinski definition) is 1. The minimum Gasteiger partial charge on any atom is -0.344 e. The highest BCUT2D eigenvalue weighted by atomic mass is 16.1. The average molecular weight is 461 g/mol. The Bertz CT molecular complexity index is 1120. The zero-order valence-electron chi connectivity index (χ0n) is 21.5. The third-order valence-corrected chi connectivity index (χ3v) is 7.37. The summed E-state index contributed by atoms with van der Waals surface area (Å²) in [5, 5.41) is 0. The number of nitrogens with zero attached hydrogens (tertiary/aromatic N) is 3. The summed E-state index contributed by atoms with van der Waals surface area (Å²) in [4.78, 5) is 27.8. The third kappa shape index (κ3) is 5.75. The molecule has 1 aliphatic rings. The molecule has 2 heterocycles. The van der Waals surface area contributed by atoms with E-state index in [1.807, 2.05) is 20.8 Å². The summed E-state index contributed by atoms with van der Waals surface area (Å²) in [5.41, 5.74) is 4.55. The summed E-state index contributed by atoms with van der Waals surface area (Å²) in [5.74, 6) is 1.92. The minimum absolute atomic E-state index is 0.0725. The highest BCUT2D eigenvalue weighted by Gasteiger charge is 2.26. The summed E-state index contributed by atoms with van der Waals surface area (Å²) in [6.07, 6.45) is 11.8. The molecule has 1 N–H and O–H groups in total. The van der Waals surface area contributed by atoms with Gasteiger partial charge in [-0.25, -0.2) is 9.97 Å². The van der Waals surface area contributed by atoms with E-state index in [0.29, 0.717) is 16.7 Å². The number of carbonyl (C=O) groups is 1. The quantitative estimate of drug-likeness (QED) is 0.335. The van der Waals surface area contributed by atoms with Crippen LogP contribution in [0.15, 0.2) is 36.7 Å². The van der Waals surface area contributed by atoms with Crippen LogP contribution in [0, 0.1) is 17.3 Å². The Labute approximate surface area is 204 Å². The number of rotatable bonds is 10. The number of fused-ring (bicyclic) bond motifs is 1. The molecule has 1 unspecified atom stereocenters. The number of ketones is 1. The van der Waals surface area contributed by atoms with Crippen LogP contribution in [-0.2, 0) is 6.54 Å². The van der Waals surface area contributed by atoms with Crippen molar-refractivity contribution in [2.24, 2.45) is 17.3 Å². The van der Waals surface area contributed by atoms with Crippen LogP contribution >= 0.6 is 0 Å². The van der Waals surface area contributed by atoms with E-state index in [0.717, 1.165) is 36.2 Å². The predicted molar refractivity (Wildman–Crippen MR) is 140 cm³/mol. The molecule has 34 heavy (non-hydrogen) atoms. The van der Waals surface area contributed by atoms with Crippen molar-refractivity contribution in [2.75, 3.05) is 13.6 Å². The fourth-order valence-corrected chi connectivity index (χ4v) is 4.92. The first-order valence-electron chi connectivity index (χ1n) is 12.9. The van der Waals surface area contributed by atoms with E-state index in [-0.39, 0.29) is 5.78 Å². The van der Waals surface area contributed by atoms with Gasteiger partial charge in [-0.2, -0.15) is 0 Å². The van der Waals surface area contributed by atoms with E-state index in [9.17, 15) is 4.79 Å². The van der Waals surface area contributed by atoms with E-state index in [1.54, 1.807) is 12.4 Å². The summed E-state index contributed by atoms with van der Waals surface area (Å²) in [6, 6.07) is 8.55. The molecule has 5 heteroatoms. The van der Waals surface area contributed by atoms with Crippen LogP contribution in [-0.4, -0.2) is 39.2 Å². The van der Waals surface area contributed by atoms with E-state index >= 15 is 0 Å².